The summed E-state index contributed by atoms with van der Waals surface area (Å²) in [6.45, 7) is 6.32. The van der Waals surface area contributed by atoms with Gasteiger partial charge in [0.1, 0.15) is 28.4 Å². The molecule has 2 aromatic carbocycles. The molecule has 42 heavy (non-hydrogen) atoms. The Kier molecular flexibility index (Phi) is 7.32. The van der Waals surface area contributed by atoms with E-state index in [0.717, 1.165) is 18.2 Å². The van der Waals surface area contributed by atoms with E-state index in [2.05, 4.69) is 4.98 Å². The first kappa shape index (κ1) is 28.9. The van der Waals surface area contributed by atoms with Crippen molar-refractivity contribution >= 4 is 22.7 Å². The second kappa shape index (κ2) is 10.6. The van der Waals surface area contributed by atoms with Crippen molar-refractivity contribution in [1.82, 2.24) is 14.5 Å². The Balaban J connectivity index is 1.44. The predicted octanol–water partition coefficient (Wildman–Crippen LogP) is 4.98. The van der Waals surface area contributed by atoms with E-state index >= 15 is 0 Å². The van der Waals surface area contributed by atoms with Crippen molar-refractivity contribution in [3.8, 4) is 17.6 Å². The SMILES string of the molecule is CC(C)(C)OC(=O)N1CCC2(CC1)C[C@@H](n1cnc3ccc(Oc4c(F)ccc(F)c4C#N)c([N+](=O)[O-])c3c1=O)CO2. The lowest BCUT2D eigenvalue weighted by Gasteiger charge is -2.39. The minimum atomic E-state index is -1.11. The maximum atomic E-state index is 14.5. The molecule has 2 saturated heterocycles. The first-order valence-corrected chi connectivity index (χ1v) is 13.2. The second-order valence-electron chi connectivity index (χ2n) is 11.3. The predicted molar refractivity (Wildman–Crippen MR) is 143 cm³/mol. The summed E-state index contributed by atoms with van der Waals surface area (Å²) < 4.78 is 46.8. The van der Waals surface area contributed by atoms with Gasteiger partial charge >= 0.3 is 11.8 Å². The zero-order chi connectivity index (χ0) is 30.4. The molecule has 2 fully saturated rings. The van der Waals surface area contributed by atoms with E-state index in [0.29, 0.717) is 32.4 Å². The second-order valence-corrected chi connectivity index (χ2v) is 11.3. The standard InChI is InChI=1S/C28H27F2N5O7/c1-27(2,3)42-26(37)33-10-8-28(9-11-33)12-16(14-40-28)34-15-32-20-6-7-21(23(35(38)39)22(20)25(34)36)41-24-17(13-31)18(29)4-5-19(24)30/h4-7,15-16H,8-12,14H2,1-3H3/t16-/m1/s1. The van der Waals surface area contributed by atoms with Gasteiger partial charge in [0.05, 0.1) is 35.0 Å². The lowest BCUT2D eigenvalue weighted by atomic mass is 9.87. The highest BCUT2D eigenvalue weighted by Gasteiger charge is 2.45. The number of hydrogen-bond donors (Lipinski definition) is 0. The van der Waals surface area contributed by atoms with Gasteiger partial charge in [0.2, 0.25) is 5.75 Å². The minimum absolute atomic E-state index is 0.00480. The summed E-state index contributed by atoms with van der Waals surface area (Å²) in [5, 5.41) is 21.1. The van der Waals surface area contributed by atoms with E-state index < -0.39 is 73.6 Å². The molecular formula is C28H27F2N5O7. The highest BCUT2D eigenvalue weighted by atomic mass is 19.1. The third-order valence-corrected chi connectivity index (χ3v) is 7.36. The molecule has 0 aliphatic carbocycles. The van der Waals surface area contributed by atoms with E-state index in [9.17, 15) is 33.7 Å². The van der Waals surface area contributed by atoms with E-state index in [1.807, 2.05) is 0 Å². The van der Waals surface area contributed by atoms with E-state index in [1.165, 1.54) is 23.0 Å². The quantitative estimate of drug-likeness (QED) is 0.306. The third kappa shape index (κ3) is 5.35. The molecule has 1 amide bonds. The summed E-state index contributed by atoms with van der Waals surface area (Å²) in [5.41, 5.74) is -3.55. The van der Waals surface area contributed by atoms with Crippen LogP contribution in [-0.4, -0.2) is 56.4 Å². The molecule has 0 radical (unpaired) electrons. The number of fused-ring (bicyclic) bond motifs is 1. The molecule has 2 aliphatic rings. The summed E-state index contributed by atoms with van der Waals surface area (Å²) in [4.78, 5) is 43.3. The van der Waals surface area contributed by atoms with Crippen LogP contribution >= 0.6 is 0 Å². The van der Waals surface area contributed by atoms with Crippen LogP contribution in [0.3, 0.4) is 0 Å². The molecule has 0 N–H and O–H groups in total. The molecule has 3 heterocycles. The molecule has 0 unspecified atom stereocenters. The molecule has 0 bridgehead atoms. The molecule has 2 aliphatic heterocycles. The number of aromatic nitrogens is 2. The Morgan fingerprint density at radius 2 is 1.90 bits per heavy atom. The fourth-order valence-electron chi connectivity index (χ4n) is 5.33. The number of nitro benzene ring substituents is 1. The first-order chi connectivity index (χ1) is 19.8. The summed E-state index contributed by atoms with van der Waals surface area (Å²) in [5.74, 6) is -3.59. The topological polar surface area (TPSA) is 150 Å². The van der Waals surface area contributed by atoms with Crippen LogP contribution in [0.2, 0.25) is 0 Å². The highest BCUT2D eigenvalue weighted by molar-refractivity contribution is 5.90. The van der Waals surface area contributed by atoms with Crippen molar-refractivity contribution in [2.24, 2.45) is 0 Å². The van der Waals surface area contributed by atoms with Crippen molar-refractivity contribution in [3.05, 3.63) is 68.3 Å². The number of nitro groups is 1. The van der Waals surface area contributed by atoms with E-state index in [1.54, 1.807) is 25.7 Å². The smallest absolute Gasteiger partial charge is 0.410 e. The Hall–Kier alpha value is -4.64. The van der Waals surface area contributed by atoms with Gasteiger partial charge in [-0.05, 0) is 64.3 Å². The van der Waals surface area contributed by atoms with Crippen molar-refractivity contribution in [2.45, 2.75) is 57.3 Å². The summed E-state index contributed by atoms with van der Waals surface area (Å²) in [6, 6.07) is 4.83. The molecule has 220 valence electrons. The van der Waals surface area contributed by atoms with Crippen LogP contribution in [0.15, 0.2) is 35.4 Å². The van der Waals surface area contributed by atoms with Crippen molar-refractivity contribution in [3.63, 3.8) is 0 Å². The third-order valence-electron chi connectivity index (χ3n) is 7.36. The van der Waals surface area contributed by atoms with Gasteiger partial charge in [0.15, 0.2) is 11.6 Å². The average Bonchev–Trinajstić information content (AvgIpc) is 3.33. The highest BCUT2D eigenvalue weighted by Crippen LogP contribution is 2.42. The number of amides is 1. The molecular weight excluding hydrogens is 556 g/mol. The zero-order valence-corrected chi connectivity index (χ0v) is 23.1. The van der Waals surface area contributed by atoms with Crippen LogP contribution < -0.4 is 10.3 Å². The molecule has 1 atom stereocenters. The molecule has 12 nitrogen and oxygen atoms in total. The Bertz CT molecular complexity index is 1690. The molecule has 1 spiro atoms. The Morgan fingerprint density at radius 1 is 1.21 bits per heavy atom. The van der Waals surface area contributed by atoms with Crippen LogP contribution in [-0.2, 0) is 9.47 Å². The maximum Gasteiger partial charge on any atom is 0.410 e. The van der Waals surface area contributed by atoms with Crippen molar-refractivity contribution < 1.29 is 32.7 Å². The van der Waals surface area contributed by atoms with Crippen LogP contribution in [0.5, 0.6) is 11.5 Å². The zero-order valence-electron chi connectivity index (χ0n) is 23.1. The van der Waals surface area contributed by atoms with Gasteiger partial charge in [-0.15, -0.1) is 0 Å². The Morgan fingerprint density at radius 3 is 2.55 bits per heavy atom. The van der Waals surface area contributed by atoms with Crippen molar-refractivity contribution in [1.29, 1.82) is 5.26 Å². The lowest BCUT2D eigenvalue weighted by Crippen LogP contribution is -2.48. The maximum absolute atomic E-state index is 14.5. The number of ether oxygens (including phenoxy) is 3. The number of rotatable bonds is 4. The van der Waals surface area contributed by atoms with E-state index in [-0.39, 0.29) is 12.1 Å². The fraction of sp³-hybridized carbons (Fsp3) is 0.429. The summed E-state index contributed by atoms with van der Waals surface area (Å²) >= 11 is 0. The number of hydrogen-bond acceptors (Lipinski definition) is 9. The number of halogens is 2. The summed E-state index contributed by atoms with van der Waals surface area (Å²) in [7, 11) is 0. The van der Waals surface area contributed by atoms with Gasteiger partial charge < -0.3 is 19.1 Å². The Labute approximate surface area is 238 Å². The number of likely N-dealkylation sites (tertiary alicyclic amines) is 1. The van der Waals surface area contributed by atoms with E-state index in [4.69, 9.17) is 14.2 Å². The summed E-state index contributed by atoms with van der Waals surface area (Å²) in [6.07, 6.45) is 2.31. The molecule has 0 saturated carbocycles. The number of piperidine rings is 1. The molecule has 1 aromatic heterocycles. The fourth-order valence-corrected chi connectivity index (χ4v) is 5.33. The lowest BCUT2D eigenvalue weighted by molar-refractivity contribution is -0.383. The number of carbonyl (C=O) groups excluding carboxylic acids is 1. The van der Waals surface area contributed by atoms with Gasteiger partial charge in [-0.1, -0.05) is 0 Å². The molecule has 5 rings (SSSR count). The van der Waals surface area contributed by atoms with Crippen LogP contribution in [0.4, 0.5) is 19.3 Å². The van der Waals surface area contributed by atoms with Crippen LogP contribution in [0.1, 0.15) is 51.6 Å². The number of benzene rings is 2. The molecule has 3 aromatic rings. The normalized spacial score (nSPS) is 18.2. The van der Waals surface area contributed by atoms with Gasteiger partial charge in [-0.25, -0.2) is 18.6 Å². The van der Waals surface area contributed by atoms with Crippen LogP contribution in [0, 0.1) is 33.1 Å². The number of nitrogens with zero attached hydrogens (tertiary/aromatic N) is 5. The van der Waals surface area contributed by atoms with Gasteiger partial charge in [-0.3, -0.25) is 19.5 Å². The largest absolute Gasteiger partial charge is 0.445 e. The van der Waals surface area contributed by atoms with Gasteiger partial charge in [-0.2, -0.15) is 5.26 Å². The van der Waals surface area contributed by atoms with Gasteiger partial charge in [0, 0.05) is 13.1 Å². The monoisotopic (exact) mass is 583 g/mol. The average molecular weight is 584 g/mol. The molecule has 14 heteroatoms. The number of nitriles is 1. The minimum Gasteiger partial charge on any atom is -0.445 e. The van der Waals surface area contributed by atoms with Crippen LogP contribution in [0.25, 0.3) is 10.9 Å². The number of carbonyl (C=O) groups is 1. The van der Waals surface area contributed by atoms with Gasteiger partial charge in [0.25, 0.3) is 5.56 Å². The van der Waals surface area contributed by atoms with Crippen molar-refractivity contribution in [2.75, 3.05) is 19.7 Å². The first-order valence-electron chi connectivity index (χ1n) is 13.2.